The van der Waals surface area contributed by atoms with Crippen molar-refractivity contribution < 1.29 is 9.90 Å². The van der Waals surface area contributed by atoms with Crippen molar-refractivity contribution in [3.8, 4) is 0 Å². The van der Waals surface area contributed by atoms with E-state index < -0.39 is 5.97 Å². The fraction of sp³-hybridized carbons (Fsp3) is 0. The minimum absolute atomic E-state index is 0.199. The molecule has 1 aliphatic heterocycles. The average Bonchev–Trinajstić information content (AvgIpc) is 2.49. The second kappa shape index (κ2) is 2.34. The average molecular weight is 161 g/mol. The predicted octanol–water partition coefficient (Wildman–Crippen LogP) is 1.29. The molecule has 0 bridgehead atoms. The highest BCUT2D eigenvalue weighted by molar-refractivity contribution is 5.99. The predicted molar refractivity (Wildman–Crippen MR) is 43.3 cm³/mol. The normalized spacial score (nSPS) is 12.3. The van der Waals surface area contributed by atoms with E-state index in [1.807, 2.05) is 0 Å². The molecule has 0 aliphatic carbocycles. The summed E-state index contributed by atoms with van der Waals surface area (Å²) in [5.41, 5.74) is 1.27. The molecule has 0 spiro atoms. The lowest BCUT2D eigenvalue weighted by Crippen LogP contribution is -1.96. The number of carbonyl (C=O) groups is 1. The van der Waals surface area contributed by atoms with Gasteiger partial charge in [0.25, 0.3) is 0 Å². The van der Waals surface area contributed by atoms with Crippen LogP contribution in [0.5, 0.6) is 0 Å². The maximum Gasteiger partial charge on any atom is 0.337 e. The molecule has 0 fully saturated rings. The zero-order chi connectivity index (χ0) is 8.55. The van der Waals surface area contributed by atoms with Gasteiger partial charge in [-0.25, -0.2) is 15.1 Å². The molecular weight excluding hydrogens is 156 g/mol. The zero-order valence-electron chi connectivity index (χ0n) is 6.06. The Labute approximate surface area is 68.6 Å². The third kappa shape index (κ3) is 0.852. The first-order valence-corrected chi connectivity index (χ1v) is 3.39. The van der Waals surface area contributed by atoms with Gasteiger partial charge in [0.15, 0.2) is 0 Å². The van der Waals surface area contributed by atoms with Gasteiger partial charge in [-0.05, 0) is 12.1 Å². The van der Waals surface area contributed by atoms with Gasteiger partial charge in [0.05, 0.1) is 11.3 Å². The van der Waals surface area contributed by atoms with Gasteiger partial charge in [-0.3, -0.25) is 0 Å². The lowest BCUT2D eigenvalue weighted by Gasteiger charge is -1.98. The highest BCUT2D eigenvalue weighted by Gasteiger charge is 2.16. The van der Waals surface area contributed by atoms with Crippen molar-refractivity contribution in [2.24, 2.45) is 4.99 Å². The number of carboxylic acid groups (broad SMARTS) is 1. The van der Waals surface area contributed by atoms with Crippen molar-refractivity contribution in [1.29, 1.82) is 0 Å². The van der Waals surface area contributed by atoms with Crippen LogP contribution < -0.4 is 5.32 Å². The molecule has 1 N–H and O–H groups in total. The van der Waals surface area contributed by atoms with Gasteiger partial charge in [0.1, 0.15) is 12.0 Å². The SMILES string of the molecule is O=C(O)c1cccc2c1N=C[N]2. The third-order valence-corrected chi connectivity index (χ3v) is 1.63. The number of para-hydroxylation sites is 1. The molecule has 1 radical (unpaired) electrons. The molecule has 0 atom stereocenters. The number of nitrogens with zero attached hydrogens (tertiary/aromatic N) is 2. The van der Waals surface area contributed by atoms with Crippen LogP contribution >= 0.6 is 0 Å². The van der Waals surface area contributed by atoms with E-state index in [0.29, 0.717) is 11.4 Å². The van der Waals surface area contributed by atoms with Gasteiger partial charge in [-0.2, -0.15) is 0 Å². The summed E-state index contributed by atoms with van der Waals surface area (Å²) in [6.07, 6.45) is 1.36. The van der Waals surface area contributed by atoms with Crippen LogP contribution in [0, 0.1) is 0 Å². The molecule has 4 nitrogen and oxygen atoms in total. The molecule has 1 aliphatic rings. The standard InChI is InChI=1S/C8H5N2O2/c11-8(12)5-2-1-3-6-7(5)10-4-9-6/h1-4H,(H,11,12). The maximum atomic E-state index is 10.6. The van der Waals surface area contributed by atoms with E-state index in [1.54, 1.807) is 12.1 Å². The van der Waals surface area contributed by atoms with E-state index in [4.69, 9.17) is 5.11 Å². The minimum atomic E-state index is -0.971. The van der Waals surface area contributed by atoms with E-state index in [0.717, 1.165) is 0 Å². The molecule has 2 rings (SSSR count). The number of hydrogen-bond acceptors (Lipinski definition) is 2. The van der Waals surface area contributed by atoms with Crippen LogP contribution in [-0.2, 0) is 0 Å². The first kappa shape index (κ1) is 6.84. The summed E-state index contributed by atoms with van der Waals surface area (Å²) >= 11 is 0. The third-order valence-electron chi connectivity index (χ3n) is 1.63. The number of rotatable bonds is 1. The Bertz CT molecular complexity index is 371. The Kier molecular flexibility index (Phi) is 1.33. The smallest absolute Gasteiger partial charge is 0.337 e. The Morgan fingerprint density at radius 3 is 3.00 bits per heavy atom. The van der Waals surface area contributed by atoms with E-state index >= 15 is 0 Å². The van der Waals surface area contributed by atoms with E-state index in [2.05, 4.69) is 10.3 Å². The highest BCUT2D eigenvalue weighted by atomic mass is 16.4. The first-order valence-electron chi connectivity index (χ1n) is 3.39. The fourth-order valence-corrected chi connectivity index (χ4v) is 1.09. The minimum Gasteiger partial charge on any atom is -0.478 e. The van der Waals surface area contributed by atoms with Crippen LogP contribution in [0.4, 0.5) is 11.4 Å². The topological polar surface area (TPSA) is 63.8 Å². The Balaban J connectivity index is 2.63. The van der Waals surface area contributed by atoms with Gasteiger partial charge >= 0.3 is 5.97 Å². The maximum absolute atomic E-state index is 10.6. The molecule has 0 saturated heterocycles. The molecule has 1 aromatic carbocycles. The van der Waals surface area contributed by atoms with Gasteiger partial charge in [0.2, 0.25) is 0 Å². The lowest BCUT2D eigenvalue weighted by molar-refractivity contribution is 0.0698. The molecule has 0 unspecified atom stereocenters. The van der Waals surface area contributed by atoms with Crippen molar-refractivity contribution in [3.05, 3.63) is 23.8 Å². The zero-order valence-corrected chi connectivity index (χ0v) is 6.06. The molecular formula is C8H5N2O2. The van der Waals surface area contributed by atoms with Gasteiger partial charge in [-0.15, -0.1) is 0 Å². The Hall–Kier alpha value is -1.84. The molecule has 59 valence electrons. The van der Waals surface area contributed by atoms with Crippen molar-refractivity contribution in [2.45, 2.75) is 0 Å². The van der Waals surface area contributed by atoms with Gasteiger partial charge < -0.3 is 5.11 Å². The van der Waals surface area contributed by atoms with Crippen LogP contribution in [0.25, 0.3) is 0 Å². The van der Waals surface area contributed by atoms with Crippen LogP contribution in [0.1, 0.15) is 10.4 Å². The molecule has 1 heterocycles. The number of aromatic carboxylic acids is 1. The number of hydrogen-bond donors (Lipinski definition) is 1. The fourth-order valence-electron chi connectivity index (χ4n) is 1.09. The van der Waals surface area contributed by atoms with Crippen LogP contribution in [0.15, 0.2) is 23.2 Å². The summed E-state index contributed by atoms with van der Waals surface area (Å²) in [6, 6.07) is 4.90. The van der Waals surface area contributed by atoms with Crippen LogP contribution in [0.2, 0.25) is 0 Å². The summed E-state index contributed by atoms with van der Waals surface area (Å²) < 4.78 is 0. The molecule has 0 amide bonds. The molecule has 1 aromatic rings. The Morgan fingerprint density at radius 1 is 1.42 bits per heavy atom. The molecule has 12 heavy (non-hydrogen) atoms. The monoisotopic (exact) mass is 161 g/mol. The quantitative estimate of drug-likeness (QED) is 0.674. The number of carboxylic acids is 1. The summed E-state index contributed by atoms with van der Waals surface area (Å²) in [6.45, 7) is 0. The first-order chi connectivity index (χ1) is 5.79. The van der Waals surface area contributed by atoms with Crippen molar-refractivity contribution in [1.82, 2.24) is 5.32 Å². The lowest BCUT2D eigenvalue weighted by atomic mass is 10.1. The van der Waals surface area contributed by atoms with Gasteiger partial charge in [0, 0.05) is 0 Å². The number of benzene rings is 1. The summed E-state index contributed by atoms with van der Waals surface area (Å²) in [5, 5.41) is 12.6. The molecule has 4 heteroatoms. The van der Waals surface area contributed by atoms with E-state index in [1.165, 1.54) is 12.4 Å². The van der Waals surface area contributed by atoms with Crippen LogP contribution in [-0.4, -0.2) is 17.4 Å². The Morgan fingerprint density at radius 2 is 2.25 bits per heavy atom. The number of aliphatic imine (C=N–C) groups is 1. The van der Waals surface area contributed by atoms with Crippen molar-refractivity contribution in [3.63, 3.8) is 0 Å². The highest BCUT2D eigenvalue weighted by Crippen LogP contribution is 2.31. The second-order valence-corrected chi connectivity index (χ2v) is 2.35. The summed E-state index contributed by atoms with van der Waals surface area (Å²) in [5.74, 6) is -0.971. The van der Waals surface area contributed by atoms with E-state index in [9.17, 15) is 4.79 Å². The van der Waals surface area contributed by atoms with Gasteiger partial charge in [-0.1, -0.05) is 6.07 Å². The van der Waals surface area contributed by atoms with Crippen molar-refractivity contribution in [2.75, 3.05) is 0 Å². The largest absolute Gasteiger partial charge is 0.478 e. The molecule has 0 aromatic heterocycles. The second-order valence-electron chi connectivity index (χ2n) is 2.35. The number of fused-ring (bicyclic) bond motifs is 1. The van der Waals surface area contributed by atoms with Crippen LogP contribution in [0.3, 0.4) is 0 Å². The summed E-state index contributed by atoms with van der Waals surface area (Å²) in [7, 11) is 0. The van der Waals surface area contributed by atoms with Crippen molar-refractivity contribution >= 4 is 23.7 Å². The molecule has 0 saturated carbocycles. The van der Waals surface area contributed by atoms with E-state index in [-0.39, 0.29) is 5.56 Å². The summed E-state index contributed by atoms with van der Waals surface area (Å²) in [4.78, 5) is 14.5.